The first-order valence-electron chi connectivity index (χ1n) is 23.3. The van der Waals surface area contributed by atoms with Crippen LogP contribution in [0.3, 0.4) is 0 Å². The van der Waals surface area contributed by atoms with Gasteiger partial charge in [0.25, 0.3) is 0 Å². The smallest absolute Gasteiger partial charge is 0.228 e. The fraction of sp³-hybridized carbons (Fsp3) is 0.357. The number of fused-ring (bicyclic) bond motifs is 6. The molecular formula is C56H59FO11. The fourth-order valence-corrected chi connectivity index (χ4v) is 8.85. The van der Waals surface area contributed by atoms with Gasteiger partial charge in [-0.15, -0.1) is 0 Å². The molecule has 4 bridgehead atoms. The highest BCUT2D eigenvalue weighted by Crippen LogP contribution is 2.34. The highest BCUT2D eigenvalue weighted by molar-refractivity contribution is 5.27. The Labute approximate surface area is 397 Å². The van der Waals surface area contributed by atoms with Gasteiger partial charge in [-0.3, -0.25) is 0 Å². The van der Waals surface area contributed by atoms with E-state index in [9.17, 15) is 5.11 Å². The topological polar surface area (TPSA) is 113 Å². The Hall–Kier alpha value is -5.19. The number of aliphatic hydroxyl groups excluding tert-OH is 1. The Kier molecular flexibility index (Phi) is 17.2. The van der Waals surface area contributed by atoms with Crippen molar-refractivity contribution in [1.29, 1.82) is 0 Å². The second-order valence-electron chi connectivity index (χ2n) is 17.3. The molecule has 0 radical (unpaired) electrons. The molecule has 6 aromatic rings. The van der Waals surface area contributed by atoms with E-state index in [0.717, 1.165) is 44.5 Å². The first-order chi connectivity index (χ1) is 33.6. The van der Waals surface area contributed by atoms with Crippen LogP contribution in [0.4, 0.5) is 4.39 Å². The Morgan fingerprint density at radius 1 is 0.397 bits per heavy atom. The molecule has 0 amide bonds. The molecule has 0 aliphatic carbocycles. The molecular weight excluding hydrogens is 868 g/mol. The van der Waals surface area contributed by atoms with Crippen molar-refractivity contribution in [3.05, 3.63) is 214 Å². The lowest BCUT2D eigenvalue weighted by Crippen LogP contribution is -2.61. The molecule has 12 heteroatoms. The second-order valence-corrected chi connectivity index (χ2v) is 17.3. The van der Waals surface area contributed by atoms with Crippen molar-refractivity contribution in [2.45, 2.75) is 114 Å². The summed E-state index contributed by atoms with van der Waals surface area (Å²) in [6.07, 6.45) is -7.84. The lowest BCUT2D eigenvalue weighted by atomic mass is 9.97. The van der Waals surface area contributed by atoms with Crippen molar-refractivity contribution < 1.29 is 56.9 Å². The van der Waals surface area contributed by atoms with Gasteiger partial charge in [-0.2, -0.15) is 0 Å². The van der Waals surface area contributed by atoms with Crippen LogP contribution >= 0.6 is 0 Å². The number of benzene rings is 6. The number of ether oxygens (including phenoxy) is 10. The van der Waals surface area contributed by atoms with E-state index in [1.807, 2.05) is 170 Å². The Bertz CT molecular complexity index is 2230. The van der Waals surface area contributed by atoms with Crippen LogP contribution in [0.15, 0.2) is 170 Å². The molecule has 10 rings (SSSR count). The van der Waals surface area contributed by atoms with Crippen LogP contribution in [0.1, 0.15) is 44.5 Å². The van der Waals surface area contributed by atoms with E-state index in [4.69, 9.17) is 47.4 Å². The molecule has 4 heterocycles. The van der Waals surface area contributed by atoms with Crippen molar-refractivity contribution >= 4 is 0 Å². The van der Waals surface area contributed by atoms with Crippen molar-refractivity contribution in [3.63, 3.8) is 0 Å². The van der Waals surface area contributed by atoms with E-state index in [1.165, 1.54) is 0 Å². The van der Waals surface area contributed by atoms with E-state index >= 15 is 4.39 Å². The first kappa shape index (κ1) is 47.9. The Morgan fingerprint density at radius 3 is 1.13 bits per heavy atom. The zero-order valence-corrected chi connectivity index (χ0v) is 37.9. The molecule has 68 heavy (non-hydrogen) atoms. The van der Waals surface area contributed by atoms with Crippen LogP contribution in [0.2, 0.25) is 0 Å². The van der Waals surface area contributed by atoms with Gasteiger partial charge in [-0.05, 0) is 44.5 Å². The van der Waals surface area contributed by atoms with E-state index in [1.54, 1.807) is 0 Å². The summed E-state index contributed by atoms with van der Waals surface area (Å²) in [5.74, 6) is 0. The van der Waals surface area contributed by atoms with Gasteiger partial charge in [-0.1, -0.05) is 170 Å². The molecule has 6 unspecified atom stereocenters. The molecule has 2 fully saturated rings. The van der Waals surface area contributed by atoms with E-state index < -0.39 is 61.5 Å². The van der Waals surface area contributed by atoms with Gasteiger partial charge in [0, 0.05) is 0 Å². The summed E-state index contributed by atoms with van der Waals surface area (Å²) in [5, 5.41) is 10.9. The third-order valence-corrected chi connectivity index (χ3v) is 12.5. The minimum absolute atomic E-state index is 0.194. The number of rotatable bonds is 12. The van der Waals surface area contributed by atoms with Gasteiger partial charge >= 0.3 is 0 Å². The standard InChI is InChI=1S/C28H29FO5.C28H30O6/c2*29-28-27(32-16-21-11-5-2-6-12-21)26-25(31-15-20-9-3-1-4-10-20)24(34-28)19-30-17-22-13-7-8-14-23(22)18-33-26/h1-14,24-28H,15-19H2;1-14,24-29H,15-19H2/t2*24?,25-,26+,27?,28?/m00/s1. The largest absolute Gasteiger partial charge is 0.374 e. The zero-order valence-electron chi connectivity index (χ0n) is 37.9. The molecule has 4 aliphatic rings. The highest BCUT2D eigenvalue weighted by Gasteiger charge is 2.50. The third-order valence-electron chi connectivity index (χ3n) is 12.5. The van der Waals surface area contributed by atoms with Gasteiger partial charge in [0.15, 0.2) is 6.29 Å². The summed E-state index contributed by atoms with van der Waals surface area (Å²) in [6.45, 7) is 3.30. The quantitative estimate of drug-likeness (QED) is 0.127. The van der Waals surface area contributed by atoms with Gasteiger partial charge in [0.05, 0.1) is 66.1 Å². The van der Waals surface area contributed by atoms with Crippen molar-refractivity contribution in [2.75, 3.05) is 13.2 Å². The van der Waals surface area contributed by atoms with E-state index in [-0.39, 0.29) is 19.8 Å². The van der Waals surface area contributed by atoms with Gasteiger partial charge in [-0.25, -0.2) is 4.39 Å². The average Bonchev–Trinajstić information content (AvgIpc) is 3.38. The second kappa shape index (κ2) is 24.4. The summed E-state index contributed by atoms with van der Waals surface area (Å²) in [4.78, 5) is 0. The molecule has 1 N–H and O–H groups in total. The van der Waals surface area contributed by atoms with E-state index in [2.05, 4.69) is 0 Å². The van der Waals surface area contributed by atoms with Gasteiger partial charge < -0.3 is 52.5 Å². The van der Waals surface area contributed by atoms with Crippen molar-refractivity contribution in [1.82, 2.24) is 0 Å². The molecule has 10 atom stereocenters. The summed E-state index contributed by atoms with van der Waals surface area (Å²) >= 11 is 0. The van der Waals surface area contributed by atoms with Crippen LogP contribution in [-0.2, 0) is 100 Å². The minimum Gasteiger partial charge on any atom is -0.374 e. The van der Waals surface area contributed by atoms with Crippen molar-refractivity contribution in [3.8, 4) is 0 Å². The summed E-state index contributed by atoms with van der Waals surface area (Å²) in [5.41, 5.74) is 8.19. The highest BCUT2D eigenvalue weighted by atomic mass is 19.1. The monoisotopic (exact) mass is 926 g/mol. The molecule has 11 nitrogen and oxygen atoms in total. The van der Waals surface area contributed by atoms with Crippen LogP contribution in [-0.4, -0.2) is 79.8 Å². The zero-order chi connectivity index (χ0) is 46.3. The first-order valence-corrected chi connectivity index (χ1v) is 23.3. The predicted octanol–water partition coefficient (Wildman–Crippen LogP) is 8.96. The normalized spacial score (nSPS) is 27.0. The number of alkyl halides is 1. The fourth-order valence-electron chi connectivity index (χ4n) is 8.85. The molecule has 356 valence electrons. The van der Waals surface area contributed by atoms with E-state index in [0.29, 0.717) is 46.2 Å². The Balaban J connectivity index is 0.000000170. The predicted molar refractivity (Wildman–Crippen MR) is 250 cm³/mol. The number of hydrogen-bond acceptors (Lipinski definition) is 11. The molecule has 0 spiro atoms. The van der Waals surface area contributed by atoms with Crippen LogP contribution in [0.25, 0.3) is 0 Å². The number of hydrogen-bond donors (Lipinski definition) is 1. The molecule has 4 aliphatic heterocycles. The summed E-state index contributed by atoms with van der Waals surface area (Å²) in [7, 11) is 0. The maximum Gasteiger partial charge on any atom is 0.228 e. The summed E-state index contributed by atoms with van der Waals surface area (Å²) in [6, 6.07) is 55.4. The molecule has 0 aromatic heterocycles. The van der Waals surface area contributed by atoms with Crippen LogP contribution in [0, 0.1) is 0 Å². The lowest BCUT2D eigenvalue weighted by molar-refractivity contribution is -0.318. The van der Waals surface area contributed by atoms with Gasteiger partial charge in [0.2, 0.25) is 6.36 Å². The molecule has 6 aromatic carbocycles. The minimum atomic E-state index is -1.66. The SMILES string of the molecule is FC1OC2COCc3ccccc3CO[C@@H](C1OCc1ccccc1)[C@H]2OCc1ccccc1.OC1OC2COCc3ccccc3CO[C@@H](C1OCc1ccccc1)[C@H]2OCc1ccccc1. The Morgan fingerprint density at radius 2 is 0.721 bits per heavy atom. The summed E-state index contributed by atoms with van der Waals surface area (Å²) < 4.78 is 76.7. The lowest BCUT2D eigenvalue weighted by Gasteiger charge is -2.44. The van der Waals surface area contributed by atoms with Gasteiger partial charge in [0.1, 0.15) is 48.8 Å². The molecule has 2 saturated heterocycles. The third kappa shape index (κ3) is 12.7. The number of halogens is 1. The maximum absolute atomic E-state index is 15.3. The van der Waals surface area contributed by atoms with Crippen LogP contribution in [0.5, 0.6) is 0 Å². The maximum atomic E-state index is 15.3. The van der Waals surface area contributed by atoms with Crippen molar-refractivity contribution in [2.24, 2.45) is 0 Å². The average molecular weight is 927 g/mol. The number of aliphatic hydroxyl groups is 1. The van der Waals surface area contributed by atoms with Crippen LogP contribution < -0.4 is 0 Å². The molecule has 0 saturated carbocycles.